The van der Waals surface area contributed by atoms with Crippen molar-refractivity contribution in [2.75, 3.05) is 0 Å². The molecule has 0 N–H and O–H groups in total. The second-order valence-corrected chi connectivity index (χ2v) is 5.16. The van der Waals surface area contributed by atoms with Gasteiger partial charge in [-0.15, -0.1) is 0 Å². The minimum atomic E-state index is 0.197. The van der Waals surface area contributed by atoms with Crippen molar-refractivity contribution in [1.82, 2.24) is 0 Å². The fourth-order valence-corrected chi connectivity index (χ4v) is 2.80. The molecule has 2 rings (SSSR count). The van der Waals surface area contributed by atoms with Crippen molar-refractivity contribution in [2.45, 2.75) is 32.6 Å². The number of furan rings is 1. The van der Waals surface area contributed by atoms with E-state index >= 15 is 0 Å². The number of ketones is 1. The number of hydrogen-bond donors (Lipinski definition) is 0. The van der Waals surface area contributed by atoms with Crippen molar-refractivity contribution >= 4 is 21.7 Å². The molecule has 2 unspecified atom stereocenters. The van der Waals surface area contributed by atoms with E-state index in [0.29, 0.717) is 16.2 Å². The lowest BCUT2D eigenvalue weighted by Crippen LogP contribution is -2.21. The zero-order valence-electron chi connectivity index (χ0n) is 8.83. The summed E-state index contributed by atoms with van der Waals surface area (Å²) >= 11 is 3.26. The molecule has 1 aromatic heterocycles. The summed E-state index contributed by atoms with van der Waals surface area (Å²) in [6.07, 6.45) is 6.05. The highest BCUT2D eigenvalue weighted by Gasteiger charge is 2.27. The molecule has 1 saturated carbocycles. The number of carbonyl (C=O) groups is 1. The summed E-state index contributed by atoms with van der Waals surface area (Å²) in [5.74, 6) is 1.11. The van der Waals surface area contributed by atoms with Gasteiger partial charge in [0.05, 0.1) is 11.8 Å². The quantitative estimate of drug-likeness (QED) is 0.759. The molecule has 0 aromatic carbocycles. The molecule has 1 aliphatic carbocycles. The minimum absolute atomic E-state index is 0.197. The third kappa shape index (κ3) is 2.33. The van der Waals surface area contributed by atoms with Crippen LogP contribution in [-0.2, 0) is 0 Å². The Morgan fingerprint density at radius 3 is 2.93 bits per heavy atom. The Kier molecular flexibility index (Phi) is 3.29. The van der Waals surface area contributed by atoms with Gasteiger partial charge in [-0.3, -0.25) is 4.79 Å². The van der Waals surface area contributed by atoms with Gasteiger partial charge in [-0.25, -0.2) is 0 Å². The van der Waals surface area contributed by atoms with Crippen LogP contribution in [0.4, 0.5) is 0 Å². The molecule has 0 radical (unpaired) electrons. The fraction of sp³-hybridized carbons (Fsp3) is 0.583. The van der Waals surface area contributed by atoms with Gasteiger partial charge in [0, 0.05) is 5.92 Å². The highest BCUT2D eigenvalue weighted by atomic mass is 79.9. The summed E-state index contributed by atoms with van der Waals surface area (Å²) < 4.78 is 5.67. The smallest absolute Gasteiger partial charge is 0.179 e. The molecular weight excluding hydrogens is 256 g/mol. The van der Waals surface area contributed by atoms with E-state index in [0.717, 1.165) is 12.8 Å². The van der Waals surface area contributed by atoms with Gasteiger partial charge in [0.1, 0.15) is 0 Å². The van der Waals surface area contributed by atoms with E-state index in [1.807, 2.05) is 0 Å². The lowest BCUT2D eigenvalue weighted by molar-refractivity contribution is 0.0866. The van der Waals surface area contributed by atoms with Crippen LogP contribution >= 0.6 is 15.9 Å². The first kappa shape index (κ1) is 10.9. The van der Waals surface area contributed by atoms with Crippen molar-refractivity contribution in [3.63, 3.8) is 0 Å². The van der Waals surface area contributed by atoms with Crippen LogP contribution in [0.5, 0.6) is 0 Å². The average Bonchev–Trinajstić information content (AvgIpc) is 2.63. The van der Waals surface area contributed by atoms with Crippen molar-refractivity contribution in [1.29, 1.82) is 0 Å². The molecule has 1 heterocycles. The third-order valence-electron chi connectivity index (χ3n) is 3.19. The summed E-state index contributed by atoms with van der Waals surface area (Å²) in [5.41, 5.74) is 0.703. The highest BCUT2D eigenvalue weighted by Crippen LogP contribution is 2.32. The fourth-order valence-electron chi connectivity index (χ4n) is 2.36. The number of rotatable bonds is 2. The number of hydrogen-bond acceptors (Lipinski definition) is 2. The molecule has 1 aliphatic rings. The van der Waals surface area contributed by atoms with E-state index in [1.54, 1.807) is 12.3 Å². The number of carbonyl (C=O) groups excluding carboxylic acids is 1. The molecule has 2 atom stereocenters. The summed E-state index contributed by atoms with van der Waals surface area (Å²) in [4.78, 5) is 12.1. The predicted octanol–water partition coefficient (Wildman–Crippen LogP) is 4.05. The Morgan fingerprint density at radius 2 is 2.33 bits per heavy atom. The molecule has 15 heavy (non-hydrogen) atoms. The summed E-state index contributed by atoms with van der Waals surface area (Å²) in [6, 6.07) is 1.76. The zero-order valence-corrected chi connectivity index (χ0v) is 10.4. The average molecular weight is 271 g/mol. The third-order valence-corrected chi connectivity index (χ3v) is 3.80. The van der Waals surface area contributed by atoms with Crippen molar-refractivity contribution in [3.05, 3.63) is 22.6 Å². The zero-order chi connectivity index (χ0) is 10.8. The molecule has 3 heteroatoms. The largest absolute Gasteiger partial charge is 0.457 e. The monoisotopic (exact) mass is 270 g/mol. The molecule has 0 aliphatic heterocycles. The molecule has 1 aromatic rings. The van der Waals surface area contributed by atoms with E-state index in [2.05, 4.69) is 22.9 Å². The molecule has 82 valence electrons. The summed E-state index contributed by atoms with van der Waals surface area (Å²) in [7, 11) is 0. The van der Waals surface area contributed by atoms with Crippen LogP contribution in [-0.4, -0.2) is 5.78 Å². The Hall–Kier alpha value is -0.570. The second kappa shape index (κ2) is 4.52. The van der Waals surface area contributed by atoms with Gasteiger partial charge in [-0.05, 0) is 40.8 Å². The van der Waals surface area contributed by atoms with Gasteiger partial charge in [0.2, 0.25) is 0 Å². The Balaban J connectivity index is 2.11. The molecular formula is C12H15BrO2. The van der Waals surface area contributed by atoms with E-state index < -0.39 is 0 Å². The van der Waals surface area contributed by atoms with Crippen LogP contribution in [0, 0.1) is 11.8 Å². The Labute approximate surface area is 98.2 Å². The van der Waals surface area contributed by atoms with Crippen LogP contribution in [0.3, 0.4) is 0 Å². The highest BCUT2D eigenvalue weighted by molar-refractivity contribution is 9.10. The van der Waals surface area contributed by atoms with Crippen molar-refractivity contribution in [3.8, 4) is 0 Å². The molecule has 0 spiro atoms. The Bertz CT molecular complexity index is 356. The normalized spacial score (nSPS) is 26.5. The first-order valence-corrected chi connectivity index (χ1v) is 6.25. The maximum atomic E-state index is 12.1. The first-order chi connectivity index (χ1) is 7.18. The van der Waals surface area contributed by atoms with E-state index in [-0.39, 0.29) is 11.7 Å². The van der Waals surface area contributed by atoms with E-state index in [4.69, 9.17) is 4.42 Å². The predicted molar refractivity (Wildman–Crippen MR) is 61.9 cm³/mol. The molecule has 2 nitrogen and oxygen atoms in total. The van der Waals surface area contributed by atoms with Gasteiger partial charge in [-0.1, -0.05) is 19.8 Å². The van der Waals surface area contributed by atoms with Gasteiger partial charge in [0.15, 0.2) is 10.5 Å². The second-order valence-electron chi connectivity index (χ2n) is 4.44. The standard InChI is InChI=1S/C12H15BrO2/c1-8-3-2-4-9(7-8)11(14)10-5-6-15-12(10)13/h5-6,8-9H,2-4,7H2,1H3. The first-order valence-electron chi connectivity index (χ1n) is 5.45. The van der Waals surface area contributed by atoms with Gasteiger partial charge >= 0.3 is 0 Å². The lowest BCUT2D eigenvalue weighted by atomic mass is 9.79. The van der Waals surface area contributed by atoms with Crippen LogP contribution < -0.4 is 0 Å². The maximum absolute atomic E-state index is 12.1. The SMILES string of the molecule is CC1CCCC(C(=O)c2ccoc2Br)C1. The minimum Gasteiger partial charge on any atom is -0.457 e. The lowest BCUT2D eigenvalue weighted by Gasteiger charge is -2.25. The maximum Gasteiger partial charge on any atom is 0.179 e. The number of halogens is 1. The van der Waals surface area contributed by atoms with Gasteiger partial charge in [0.25, 0.3) is 0 Å². The number of Topliss-reactive ketones (excluding diaryl/α,β-unsaturated/α-hetero) is 1. The topological polar surface area (TPSA) is 30.2 Å². The van der Waals surface area contributed by atoms with Gasteiger partial charge in [-0.2, -0.15) is 0 Å². The van der Waals surface area contributed by atoms with E-state index in [9.17, 15) is 4.79 Å². The van der Waals surface area contributed by atoms with Crippen molar-refractivity contribution in [2.24, 2.45) is 11.8 Å². The van der Waals surface area contributed by atoms with Crippen LogP contribution in [0.2, 0.25) is 0 Å². The summed E-state index contributed by atoms with van der Waals surface area (Å²) in [6.45, 7) is 2.23. The molecule has 1 fully saturated rings. The summed E-state index contributed by atoms with van der Waals surface area (Å²) in [5, 5.41) is 0. The van der Waals surface area contributed by atoms with Gasteiger partial charge < -0.3 is 4.42 Å². The van der Waals surface area contributed by atoms with Crippen LogP contribution in [0.1, 0.15) is 43.0 Å². The Morgan fingerprint density at radius 1 is 1.53 bits per heavy atom. The van der Waals surface area contributed by atoms with Crippen LogP contribution in [0.25, 0.3) is 0 Å². The van der Waals surface area contributed by atoms with Crippen molar-refractivity contribution < 1.29 is 9.21 Å². The van der Waals surface area contributed by atoms with Crippen LogP contribution in [0.15, 0.2) is 21.4 Å². The molecule has 0 saturated heterocycles. The van der Waals surface area contributed by atoms with E-state index in [1.165, 1.54) is 12.8 Å². The molecule has 0 bridgehead atoms. The molecule has 0 amide bonds.